The first kappa shape index (κ1) is 16.8. The molecular formula is C17H28BrN3. The Hall–Kier alpha value is -0.580. The summed E-state index contributed by atoms with van der Waals surface area (Å²) in [5.41, 5.74) is 8.70. The molecule has 118 valence electrons. The summed E-state index contributed by atoms with van der Waals surface area (Å²) in [7, 11) is 2.24. The Bertz CT molecular complexity index is 453. The van der Waals surface area contributed by atoms with Gasteiger partial charge >= 0.3 is 0 Å². The molecule has 3 nitrogen and oxygen atoms in total. The van der Waals surface area contributed by atoms with Crippen LogP contribution in [0.25, 0.3) is 0 Å². The number of anilines is 1. The molecule has 0 saturated carbocycles. The van der Waals surface area contributed by atoms with Crippen LogP contribution >= 0.6 is 15.9 Å². The molecule has 1 aromatic carbocycles. The second-order valence-corrected chi connectivity index (χ2v) is 7.15. The predicted octanol–water partition coefficient (Wildman–Crippen LogP) is 3.26. The predicted molar refractivity (Wildman–Crippen MR) is 95.0 cm³/mol. The molecule has 2 rings (SSSR count). The molecule has 21 heavy (non-hydrogen) atoms. The van der Waals surface area contributed by atoms with Crippen LogP contribution in [0.4, 0.5) is 5.69 Å². The summed E-state index contributed by atoms with van der Waals surface area (Å²) in [6.07, 6.45) is 3.42. The number of rotatable bonds is 5. The Kier molecular flexibility index (Phi) is 6.08. The Morgan fingerprint density at radius 3 is 2.62 bits per heavy atom. The number of nitrogens with zero attached hydrogens (tertiary/aromatic N) is 2. The lowest BCUT2D eigenvalue weighted by Crippen LogP contribution is -2.43. The van der Waals surface area contributed by atoms with Crippen molar-refractivity contribution in [3.8, 4) is 0 Å². The van der Waals surface area contributed by atoms with Gasteiger partial charge in [-0.15, -0.1) is 0 Å². The summed E-state index contributed by atoms with van der Waals surface area (Å²) in [5, 5.41) is 0. The highest BCUT2D eigenvalue weighted by molar-refractivity contribution is 9.10. The fraction of sp³-hybridized carbons (Fsp3) is 0.647. The highest BCUT2D eigenvalue weighted by Gasteiger charge is 2.23. The van der Waals surface area contributed by atoms with E-state index in [0.717, 1.165) is 10.9 Å². The molecule has 0 aromatic heterocycles. The SMILES string of the molecule is CCN1CCC(N(C)c2ccc(Br)cc2CC(C)N)CC1. The summed E-state index contributed by atoms with van der Waals surface area (Å²) in [6.45, 7) is 7.92. The van der Waals surface area contributed by atoms with E-state index >= 15 is 0 Å². The van der Waals surface area contributed by atoms with E-state index in [2.05, 4.69) is 64.8 Å². The molecule has 0 aliphatic carbocycles. The molecule has 4 heteroatoms. The number of piperidine rings is 1. The zero-order valence-corrected chi connectivity index (χ0v) is 15.1. The summed E-state index contributed by atoms with van der Waals surface area (Å²) < 4.78 is 1.14. The second-order valence-electron chi connectivity index (χ2n) is 6.23. The summed E-state index contributed by atoms with van der Waals surface area (Å²) in [5.74, 6) is 0. The van der Waals surface area contributed by atoms with Gasteiger partial charge in [0.2, 0.25) is 0 Å². The molecule has 1 saturated heterocycles. The molecule has 1 fully saturated rings. The van der Waals surface area contributed by atoms with E-state index in [4.69, 9.17) is 5.73 Å². The molecule has 0 amide bonds. The van der Waals surface area contributed by atoms with Gasteiger partial charge in [0.1, 0.15) is 0 Å². The minimum absolute atomic E-state index is 0.188. The minimum Gasteiger partial charge on any atom is -0.371 e. The first-order valence-corrected chi connectivity index (χ1v) is 8.79. The van der Waals surface area contributed by atoms with Crippen LogP contribution in [0.15, 0.2) is 22.7 Å². The van der Waals surface area contributed by atoms with Crippen LogP contribution in [0.2, 0.25) is 0 Å². The van der Waals surface area contributed by atoms with Crippen LogP contribution < -0.4 is 10.6 Å². The van der Waals surface area contributed by atoms with Crippen LogP contribution in [0.3, 0.4) is 0 Å². The van der Waals surface area contributed by atoms with Crippen molar-refractivity contribution in [3.63, 3.8) is 0 Å². The molecule has 0 spiro atoms. The monoisotopic (exact) mass is 353 g/mol. The third-order valence-corrected chi connectivity index (χ3v) is 5.01. The van der Waals surface area contributed by atoms with Crippen molar-refractivity contribution in [2.24, 2.45) is 5.73 Å². The molecule has 1 aliphatic heterocycles. The molecule has 1 atom stereocenters. The number of likely N-dealkylation sites (tertiary alicyclic amines) is 1. The highest BCUT2D eigenvalue weighted by atomic mass is 79.9. The fourth-order valence-corrected chi connectivity index (χ4v) is 3.64. The van der Waals surface area contributed by atoms with Gasteiger partial charge in [0.05, 0.1) is 0 Å². The Morgan fingerprint density at radius 1 is 1.38 bits per heavy atom. The fourth-order valence-electron chi connectivity index (χ4n) is 3.23. The van der Waals surface area contributed by atoms with Gasteiger partial charge in [0.15, 0.2) is 0 Å². The van der Waals surface area contributed by atoms with Crippen molar-refractivity contribution >= 4 is 21.6 Å². The number of hydrogen-bond donors (Lipinski definition) is 1. The van der Waals surface area contributed by atoms with Gasteiger partial charge in [-0.05, 0) is 56.5 Å². The Morgan fingerprint density at radius 2 is 2.05 bits per heavy atom. The van der Waals surface area contributed by atoms with Crippen LogP contribution in [-0.2, 0) is 6.42 Å². The van der Waals surface area contributed by atoms with Crippen LogP contribution in [0.1, 0.15) is 32.3 Å². The van der Waals surface area contributed by atoms with Gasteiger partial charge in [0, 0.05) is 42.4 Å². The molecule has 1 aliphatic rings. The van der Waals surface area contributed by atoms with E-state index in [-0.39, 0.29) is 6.04 Å². The van der Waals surface area contributed by atoms with Gasteiger partial charge in [-0.25, -0.2) is 0 Å². The lowest BCUT2D eigenvalue weighted by Gasteiger charge is -2.38. The highest BCUT2D eigenvalue weighted by Crippen LogP contribution is 2.29. The van der Waals surface area contributed by atoms with E-state index in [1.165, 1.54) is 43.7 Å². The molecular weight excluding hydrogens is 326 g/mol. The van der Waals surface area contributed by atoms with E-state index in [9.17, 15) is 0 Å². The maximum Gasteiger partial charge on any atom is 0.0400 e. The summed E-state index contributed by atoms with van der Waals surface area (Å²) in [6, 6.07) is 7.41. The van der Waals surface area contributed by atoms with E-state index in [0.29, 0.717) is 6.04 Å². The third-order valence-electron chi connectivity index (χ3n) is 4.52. The van der Waals surface area contributed by atoms with E-state index in [1.54, 1.807) is 0 Å². The topological polar surface area (TPSA) is 32.5 Å². The molecule has 2 N–H and O–H groups in total. The number of hydrogen-bond acceptors (Lipinski definition) is 3. The number of benzene rings is 1. The van der Waals surface area contributed by atoms with Gasteiger partial charge in [0.25, 0.3) is 0 Å². The minimum atomic E-state index is 0.188. The van der Waals surface area contributed by atoms with Gasteiger partial charge in [-0.3, -0.25) is 0 Å². The van der Waals surface area contributed by atoms with Gasteiger partial charge < -0.3 is 15.5 Å². The van der Waals surface area contributed by atoms with Crippen LogP contribution in [0, 0.1) is 0 Å². The van der Waals surface area contributed by atoms with Gasteiger partial charge in [-0.2, -0.15) is 0 Å². The third kappa shape index (κ3) is 4.44. The van der Waals surface area contributed by atoms with E-state index in [1.807, 2.05) is 0 Å². The van der Waals surface area contributed by atoms with Crippen molar-refractivity contribution in [2.45, 2.75) is 45.2 Å². The first-order valence-electron chi connectivity index (χ1n) is 8.00. The maximum atomic E-state index is 6.02. The standard InChI is InChI=1S/C17H28BrN3/c1-4-21-9-7-16(8-10-21)20(3)17-6-5-15(18)12-14(17)11-13(2)19/h5-6,12-13,16H,4,7-11,19H2,1-3H3. The van der Waals surface area contributed by atoms with Crippen molar-refractivity contribution < 1.29 is 0 Å². The first-order chi connectivity index (χ1) is 10.0. The molecule has 0 radical (unpaired) electrons. The number of nitrogens with two attached hydrogens (primary N) is 1. The van der Waals surface area contributed by atoms with Crippen LogP contribution in [-0.4, -0.2) is 43.7 Å². The normalized spacial score (nSPS) is 18.7. The molecule has 1 heterocycles. The Labute approximate surface area is 137 Å². The quantitative estimate of drug-likeness (QED) is 0.881. The van der Waals surface area contributed by atoms with Crippen molar-refractivity contribution in [2.75, 3.05) is 31.6 Å². The van der Waals surface area contributed by atoms with E-state index < -0.39 is 0 Å². The maximum absolute atomic E-state index is 6.02. The van der Waals surface area contributed by atoms with Crippen LogP contribution in [0.5, 0.6) is 0 Å². The molecule has 1 aromatic rings. The summed E-state index contributed by atoms with van der Waals surface area (Å²) >= 11 is 3.58. The lowest BCUT2D eigenvalue weighted by atomic mass is 10.00. The second kappa shape index (κ2) is 7.61. The summed E-state index contributed by atoms with van der Waals surface area (Å²) in [4.78, 5) is 5.01. The molecule has 0 bridgehead atoms. The lowest BCUT2D eigenvalue weighted by molar-refractivity contribution is 0.221. The average molecular weight is 354 g/mol. The van der Waals surface area contributed by atoms with Gasteiger partial charge in [-0.1, -0.05) is 22.9 Å². The van der Waals surface area contributed by atoms with Crippen molar-refractivity contribution in [3.05, 3.63) is 28.2 Å². The average Bonchev–Trinajstić information content (AvgIpc) is 2.46. The molecule has 1 unspecified atom stereocenters. The number of halogens is 1. The Balaban J connectivity index is 2.13. The zero-order chi connectivity index (χ0) is 15.4. The smallest absolute Gasteiger partial charge is 0.0400 e. The largest absolute Gasteiger partial charge is 0.371 e. The van der Waals surface area contributed by atoms with Crippen molar-refractivity contribution in [1.82, 2.24) is 4.90 Å². The zero-order valence-electron chi connectivity index (χ0n) is 13.5. The van der Waals surface area contributed by atoms with Crippen molar-refractivity contribution in [1.29, 1.82) is 0 Å².